The van der Waals surface area contributed by atoms with Gasteiger partial charge in [0.25, 0.3) is 0 Å². The molecule has 0 amide bonds. The van der Waals surface area contributed by atoms with Gasteiger partial charge in [0.2, 0.25) is 5.13 Å². The Morgan fingerprint density at radius 2 is 2.41 bits per heavy atom. The van der Waals surface area contributed by atoms with Crippen molar-refractivity contribution in [3.8, 4) is 0 Å². The summed E-state index contributed by atoms with van der Waals surface area (Å²) in [5.74, 6) is 0.845. The monoisotopic (exact) mass is 269 g/mol. The Bertz CT molecular complexity index is 441. The van der Waals surface area contributed by atoms with Crippen LogP contribution in [0.1, 0.15) is 23.7 Å². The molecule has 0 saturated heterocycles. The van der Waals surface area contributed by atoms with Gasteiger partial charge in [0, 0.05) is 29.9 Å². The molecule has 0 saturated carbocycles. The van der Waals surface area contributed by atoms with Crippen LogP contribution in [0.2, 0.25) is 0 Å². The molecule has 1 N–H and O–H groups in total. The van der Waals surface area contributed by atoms with Gasteiger partial charge >= 0.3 is 0 Å². The number of hydrogen-bond acceptors (Lipinski definition) is 6. The number of nitrogens with zero attached hydrogens (tertiary/aromatic N) is 2. The molecule has 0 aromatic carbocycles. The number of rotatable bonds is 6. The van der Waals surface area contributed by atoms with Crippen molar-refractivity contribution in [1.29, 1.82) is 0 Å². The Labute approximate surface area is 109 Å². The molecule has 2 rings (SSSR count). The largest absolute Gasteiger partial charge is 0.384 e. The summed E-state index contributed by atoms with van der Waals surface area (Å²) >= 11 is 3.15. The van der Waals surface area contributed by atoms with Crippen molar-refractivity contribution < 1.29 is 4.74 Å². The van der Waals surface area contributed by atoms with Gasteiger partial charge in [-0.1, -0.05) is 6.07 Å². The van der Waals surface area contributed by atoms with E-state index in [1.807, 2.05) is 0 Å². The first-order valence-corrected chi connectivity index (χ1v) is 7.06. The second-order valence-corrected chi connectivity index (χ2v) is 5.37. The molecule has 0 bridgehead atoms. The summed E-state index contributed by atoms with van der Waals surface area (Å²) in [6, 6.07) is 4.45. The number of methoxy groups -OCH3 is 1. The molecule has 0 aliphatic rings. The topological polar surface area (TPSA) is 47.0 Å². The van der Waals surface area contributed by atoms with E-state index < -0.39 is 0 Å². The van der Waals surface area contributed by atoms with Crippen LogP contribution in [-0.2, 0) is 11.2 Å². The van der Waals surface area contributed by atoms with Crippen molar-refractivity contribution in [3.63, 3.8) is 0 Å². The van der Waals surface area contributed by atoms with Gasteiger partial charge in [0.15, 0.2) is 0 Å². The van der Waals surface area contributed by atoms with E-state index in [4.69, 9.17) is 4.74 Å². The van der Waals surface area contributed by atoms with Gasteiger partial charge in [-0.2, -0.15) is 4.37 Å². The fourth-order valence-corrected chi connectivity index (χ4v) is 2.84. The Morgan fingerprint density at radius 1 is 1.53 bits per heavy atom. The average molecular weight is 269 g/mol. The van der Waals surface area contributed by atoms with Gasteiger partial charge in [0.1, 0.15) is 5.82 Å². The van der Waals surface area contributed by atoms with Crippen molar-refractivity contribution in [3.05, 3.63) is 28.2 Å². The molecule has 0 spiro atoms. The molecular weight excluding hydrogens is 254 g/mol. The van der Waals surface area contributed by atoms with Crippen molar-refractivity contribution in [2.75, 3.05) is 19.0 Å². The normalized spacial score (nSPS) is 12.6. The molecule has 1 atom stereocenters. The zero-order chi connectivity index (χ0) is 12.1. The fourth-order valence-electron chi connectivity index (χ4n) is 1.40. The van der Waals surface area contributed by atoms with Crippen LogP contribution < -0.4 is 5.32 Å². The minimum Gasteiger partial charge on any atom is -0.384 e. The summed E-state index contributed by atoms with van der Waals surface area (Å²) in [5, 5.41) is 6.31. The summed E-state index contributed by atoms with van der Waals surface area (Å²) in [7, 11) is 1.68. The summed E-state index contributed by atoms with van der Waals surface area (Å²) in [4.78, 5) is 5.72. The number of ether oxygens (including phenoxy) is 1. The molecule has 0 fully saturated rings. The lowest BCUT2D eigenvalue weighted by Gasteiger charge is -2.09. The van der Waals surface area contributed by atoms with Gasteiger partial charge in [-0.3, -0.25) is 0 Å². The van der Waals surface area contributed by atoms with Gasteiger partial charge in [0.05, 0.1) is 12.6 Å². The molecule has 2 heterocycles. The number of nitrogens with one attached hydrogen (secondary N) is 1. The van der Waals surface area contributed by atoms with Crippen LogP contribution in [0.25, 0.3) is 0 Å². The average Bonchev–Trinajstić information content (AvgIpc) is 2.97. The molecule has 0 aliphatic carbocycles. The van der Waals surface area contributed by atoms with Crippen LogP contribution in [0.15, 0.2) is 17.5 Å². The van der Waals surface area contributed by atoms with Gasteiger partial charge in [-0.25, -0.2) is 4.98 Å². The third-order valence-corrected chi connectivity index (χ3v) is 4.05. The highest BCUT2D eigenvalue weighted by molar-refractivity contribution is 7.10. The number of aromatic nitrogens is 2. The van der Waals surface area contributed by atoms with E-state index in [2.05, 4.69) is 39.1 Å². The Kier molecular flexibility index (Phi) is 4.47. The molecule has 17 heavy (non-hydrogen) atoms. The van der Waals surface area contributed by atoms with Gasteiger partial charge < -0.3 is 10.1 Å². The third kappa shape index (κ3) is 3.49. The quantitative estimate of drug-likeness (QED) is 0.876. The highest BCUT2D eigenvalue weighted by atomic mass is 32.1. The molecule has 1 unspecified atom stereocenters. The summed E-state index contributed by atoms with van der Waals surface area (Å²) in [5.41, 5.74) is 0. The lowest BCUT2D eigenvalue weighted by Crippen LogP contribution is -2.04. The molecule has 0 radical (unpaired) electrons. The second kappa shape index (κ2) is 6.09. The molecule has 4 nitrogen and oxygen atoms in total. The Balaban J connectivity index is 1.92. The lowest BCUT2D eigenvalue weighted by molar-refractivity contribution is 0.201. The molecule has 2 aromatic heterocycles. The van der Waals surface area contributed by atoms with Crippen molar-refractivity contribution in [1.82, 2.24) is 9.36 Å². The molecular formula is C11H15N3OS2. The minimum absolute atomic E-state index is 0.276. The maximum atomic E-state index is 5.00. The first-order chi connectivity index (χ1) is 8.29. The van der Waals surface area contributed by atoms with E-state index >= 15 is 0 Å². The van der Waals surface area contributed by atoms with Crippen molar-refractivity contribution in [2.45, 2.75) is 19.4 Å². The smallest absolute Gasteiger partial charge is 0.203 e. The standard InChI is InChI=1S/C11H15N3OS2/c1-8(9-4-3-7-16-9)12-11-13-10(14-17-11)5-6-15-2/h3-4,7-8H,5-6H2,1-2H3,(H,12,13,14). The van der Waals surface area contributed by atoms with Crippen molar-refractivity contribution in [2.24, 2.45) is 0 Å². The summed E-state index contributed by atoms with van der Waals surface area (Å²) < 4.78 is 9.28. The van der Waals surface area contributed by atoms with Gasteiger partial charge in [-0.05, 0) is 18.4 Å². The zero-order valence-corrected chi connectivity index (χ0v) is 11.5. The van der Waals surface area contributed by atoms with E-state index in [0.717, 1.165) is 17.4 Å². The first-order valence-electron chi connectivity index (χ1n) is 5.41. The second-order valence-electron chi connectivity index (χ2n) is 3.64. The van der Waals surface area contributed by atoms with E-state index in [9.17, 15) is 0 Å². The number of anilines is 1. The van der Waals surface area contributed by atoms with Crippen molar-refractivity contribution >= 4 is 28.0 Å². The van der Waals surface area contributed by atoms with E-state index in [0.29, 0.717) is 6.61 Å². The van der Waals surface area contributed by atoms with E-state index in [1.165, 1.54) is 16.4 Å². The van der Waals surface area contributed by atoms with Gasteiger partial charge in [-0.15, -0.1) is 11.3 Å². The molecule has 92 valence electrons. The van der Waals surface area contributed by atoms with E-state index in [1.54, 1.807) is 18.4 Å². The third-order valence-electron chi connectivity index (χ3n) is 2.31. The number of hydrogen-bond donors (Lipinski definition) is 1. The van der Waals surface area contributed by atoms with Crippen LogP contribution >= 0.6 is 22.9 Å². The maximum Gasteiger partial charge on any atom is 0.203 e. The first kappa shape index (κ1) is 12.5. The zero-order valence-electron chi connectivity index (χ0n) is 9.84. The summed E-state index contributed by atoms with van der Waals surface area (Å²) in [6.45, 7) is 2.79. The molecule has 2 aromatic rings. The Morgan fingerprint density at radius 3 is 3.12 bits per heavy atom. The predicted octanol–water partition coefficient (Wildman–Crippen LogP) is 2.96. The Hall–Kier alpha value is -0.980. The lowest BCUT2D eigenvalue weighted by atomic mass is 10.3. The predicted molar refractivity (Wildman–Crippen MR) is 71.8 cm³/mol. The van der Waals surface area contributed by atoms with E-state index in [-0.39, 0.29) is 6.04 Å². The van der Waals surface area contributed by atoms with Crippen LogP contribution in [0.4, 0.5) is 5.13 Å². The molecule has 0 aliphatic heterocycles. The van der Waals surface area contributed by atoms with Crippen LogP contribution in [0, 0.1) is 0 Å². The van der Waals surface area contributed by atoms with Crippen LogP contribution in [-0.4, -0.2) is 23.1 Å². The van der Waals surface area contributed by atoms with Crippen LogP contribution in [0.3, 0.4) is 0 Å². The highest BCUT2D eigenvalue weighted by Gasteiger charge is 2.09. The summed E-state index contributed by atoms with van der Waals surface area (Å²) in [6.07, 6.45) is 0.766. The SMILES string of the molecule is COCCc1nsc(NC(C)c2cccs2)n1. The minimum atomic E-state index is 0.276. The highest BCUT2D eigenvalue weighted by Crippen LogP contribution is 2.23. The fraction of sp³-hybridized carbons (Fsp3) is 0.455. The number of thiophene rings is 1. The molecule has 6 heteroatoms. The van der Waals surface area contributed by atoms with Crippen LogP contribution in [0.5, 0.6) is 0 Å². The maximum absolute atomic E-state index is 5.00.